The number of halogens is 1. The number of nitrogen functional groups attached to an aromatic ring is 1. The SMILES string of the molecule is Nc1ncc(CCc2cccc(Cl)c2)s1. The second-order valence-electron chi connectivity index (χ2n) is 3.29. The van der Waals surface area contributed by atoms with Gasteiger partial charge in [0.2, 0.25) is 0 Å². The van der Waals surface area contributed by atoms with Crippen molar-refractivity contribution in [3.63, 3.8) is 0 Å². The summed E-state index contributed by atoms with van der Waals surface area (Å²) in [4.78, 5) is 5.23. The minimum absolute atomic E-state index is 0.635. The predicted molar refractivity (Wildman–Crippen MR) is 65.4 cm³/mol. The second-order valence-corrected chi connectivity index (χ2v) is 4.88. The largest absolute Gasteiger partial charge is 0.375 e. The number of anilines is 1. The van der Waals surface area contributed by atoms with E-state index >= 15 is 0 Å². The summed E-state index contributed by atoms with van der Waals surface area (Å²) < 4.78 is 0. The molecule has 0 aliphatic heterocycles. The second kappa shape index (κ2) is 4.64. The van der Waals surface area contributed by atoms with Gasteiger partial charge >= 0.3 is 0 Å². The van der Waals surface area contributed by atoms with Crippen LogP contribution < -0.4 is 5.73 Å². The Morgan fingerprint density at radius 3 is 2.87 bits per heavy atom. The molecule has 0 spiro atoms. The molecule has 2 nitrogen and oxygen atoms in total. The highest BCUT2D eigenvalue weighted by atomic mass is 35.5. The van der Waals surface area contributed by atoms with Crippen LogP contribution in [0, 0.1) is 0 Å². The molecule has 4 heteroatoms. The lowest BCUT2D eigenvalue weighted by molar-refractivity contribution is 0.976. The molecule has 78 valence electrons. The lowest BCUT2D eigenvalue weighted by Gasteiger charge is -1.99. The molecule has 0 saturated heterocycles. The van der Waals surface area contributed by atoms with Crippen LogP contribution >= 0.6 is 22.9 Å². The van der Waals surface area contributed by atoms with E-state index < -0.39 is 0 Å². The summed E-state index contributed by atoms with van der Waals surface area (Å²) in [7, 11) is 0. The molecule has 0 amide bonds. The molecule has 0 aliphatic carbocycles. The molecule has 1 aromatic carbocycles. The molecular formula is C11H11ClN2S. The number of hydrogen-bond acceptors (Lipinski definition) is 3. The van der Waals surface area contributed by atoms with Crippen molar-refractivity contribution < 1.29 is 0 Å². The number of benzene rings is 1. The van der Waals surface area contributed by atoms with Crippen molar-refractivity contribution >= 4 is 28.1 Å². The average Bonchev–Trinajstić information content (AvgIpc) is 2.62. The summed E-state index contributed by atoms with van der Waals surface area (Å²) in [5.74, 6) is 0. The third kappa shape index (κ3) is 2.94. The Morgan fingerprint density at radius 2 is 2.20 bits per heavy atom. The fraction of sp³-hybridized carbons (Fsp3) is 0.182. The Balaban J connectivity index is 1.99. The van der Waals surface area contributed by atoms with Crippen molar-refractivity contribution in [2.45, 2.75) is 12.8 Å². The molecule has 0 radical (unpaired) electrons. The van der Waals surface area contributed by atoms with Gasteiger partial charge in [-0.3, -0.25) is 0 Å². The lowest BCUT2D eigenvalue weighted by Crippen LogP contribution is -1.88. The van der Waals surface area contributed by atoms with E-state index in [2.05, 4.69) is 11.1 Å². The molecule has 0 saturated carbocycles. The first-order valence-electron chi connectivity index (χ1n) is 4.68. The Morgan fingerprint density at radius 1 is 1.33 bits per heavy atom. The van der Waals surface area contributed by atoms with Crippen LogP contribution in [0.2, 0.25) is 5.02 Å². The Bertz CT molecular complexity index is 453. The number of nitrogens with zero attached hydrogens (tertiary/aromatic N) is 1. The molecule has 1 heterocycles. The van der Waals surface area contributed by atoms with Gasteiger partial charge in [-0.05, 0) is 30.5 Å². The standard InChI is InChI=1S/C11H11ClN2S/c12-9-3-1-2-8(6-9)4-5-10-7-14-11(13)15-10/h1-3,6-7H,4-5H2,(H2,13,14). The molecule has 2 rings (SSSR count). The van der Waals surface area contributed by atoms with Crippen molar-refractivity contribution in [3.05, 3.63) is 45.9 Å². The first-order valence-corrected chi connectivity index (χ1v) is 5.88. The van der Waals surface area contributed by atoms with Crippen LogP contribution in [0.25, 0.3) is 0 Å². The maximum Gasteiger partial charge on any atom is 0.180 e. The van der Waals surface area contributed by atoms with E-state index in [9.17, 15) is 0 Å². The zero-order chi connectivity index (χ0) is 10.7. The molecule has 2 N–H and O–H groups in total. The normalized spacial score (nSPS) is 10.5. The van der Waals surface area contributed by atoms with Gasteiger partial charge in [0, 0.05) is 16.1 Å². The van der Waals surface area contributed by atoms with E-state index in [0.717, 1.165) is 17.9 Å². The number of aromatic nitrogens is 1. The maximum absolute atomic E-state index is 5.90. The molecule has 0 atom stereocenters. The highest BCUT2D eigenvalue weighted by Crippen LogP contribution is 2.18. The molecule has 15 heavy (non-hydrogen) atoms. The Kier molecular flexibility index (Phi) is 3.23. The van der Waals surface area contributed by atoms with Gasteiger partial charge in [-0.15, -0.1) is 11.3 Å². The van der Waals surface area contributed by atoms with Crippen LogP contribution in [0.1, 0.15) is 10.4 Å². The van der Waals surface area contributed by atoms with Gasteiger partial charge in [0.1, 0.15) is 0 Å². The molecular weight excluding hydrogens is 228 g/mol. The van der Waals surface area contributed by atoms with E-state index in [1.54, 1.807) is 11.3 Å². The van der Waals surface area contributed by atoms with Gasteiger partial charge in [-0.25, -0.2) is 4.98 Å². The number of aryl methyl sites for hydroxylation is 2. The summed E-state index contributed by atoms with van der Waals surface area (Å²) in [5, 5.41) is 1.42. The quantitative estimate of drug-likeness (QED) is 0.892. The van der Waals surface area contributed by atoms with Crippen LogP contribution in [0.15, 0.2) is 30.5 Å². The lowest BCUT2D eigenvalue weighted by atomic mass is 10.1. The van der Waals surface area contributed by atoms with E-state index in [1.165, 1.54) is 10.4 Å². The summed E-state index contributed by atoms with van der Waals surface area (Å²) in [6.07, 6.45) is 3.78. The smallest absolute Gasteiger partial charge is 0.180 e. The summed E-state index contributed by atoms with van der Waals surface area (Å²) in [5.41, 5.74) is 6.80. The van der Waals surface area contributed by atoms with Crippen molar-refractivity contribution in [1.82, 2.24) is 4.98 Å². The fourth-order valence-corrected chi connectivity index (χ4v) is 2.29. The number of rotatable bonds is 3. The van der Waals surface area contributed by atoms with Crippen molar-refractivity contribution in [2.75, 3.05) is 5.73 Å². The van der Waals surface area contributed by atoms with E-state index in [-0.39, 0.29) is 0 Å². The van der Waals surface area contributed by atoms with Crippen LogP contribution in [0.5, 0.6) is 0 Å². The number of thiazole rings is 1. The average molecular weight is 239 g/mol. The zero-order valence-corrected chi connectivity index (χ0v) is 9.68. The Hall–Kier alpha value is -1.06. The van der Waals surface area contributed by atoms with Gasteiger partial charge in [-0.2, -0.15) is 0 Å². The molecule has 0 aliphatic rings. The van der Waals surface area contributed by atoms with Crippen LogP contribution in [0.3, 0.4) is 0 Å². The molecule has 0 unspecified atom stereocenters. The predicted octanol–water partition coefficient (Wildman–Crippen LogP) is 3.16. The number of nitrogens with two attached hydrogens (primary N) is 1. The van der Waals surface area contributed by atoms with Gasteiger partial charge in [0.25, 0.3) is 0 Å². The van der Waals surface area contributed by atoms with Crippen molar-refractivity contribution in [3.8, 4) is 0 Å². The van der Waals surface area contributed by atoms with Crippen molar-refractivity contribution in [2.24, 2.45) is 0 Å². The minimum Gasteiger partial charge on any atom is -0.375 e. The van der Waals surface area contributed by atoms with Crippen LogP contribution in [-0.2, 0) is 12.8 Å². The van der Waals surface area contributed by atoms with Gasteiger partial charge in [0.15, 0.2) is 5.13 Å². The summed E-state index contributed by atoms with van der Waals surface area (Å²) in [6.45, 7) is 0. The highest BCUT2D eigenvalue weighted by molar-refractivity contribution is 7.15. The first kappa shape index (κ1) is 10.5. The van der Waals surface area contributed by atoms with Gasteiger partial charge in [-0.1, -0.05) is 23.7 Å². The molecule has 0 bridgehead atoms. The molecule has 0 fully saturated rings. The van der Waals surface area contributed by atoms with Crippen LogP contribution in [-0.4, -0.2) is 4.98 Å². The summed E-state index contributed by atoms with van der Waals surface area (Å²) >= 11 is 7.45. The van der Waals surface area contributed by atoms with E-state index in [1.807, 2.05) is 24.4 Å². The van der Waals surface area contributed by atoms with Crippen molar-refractivity contribution in [1.29, 1.82) is 0 Å². The fourth-order valence-electron chi connectivity index (χ4n) is 1.40. The third-order valence-electron chi connectivity index (χ3n) is 2.12. The topological polar surface area (TPSA) is 38.9 Å². The highest BCUT2D eigenvalue weighted by Gasteiger charge is 2.00. The van der Waals surface area contributed by atoms with Gasteiger partial charge in [0.05, 0.1) is 0 Å². The first-order chi connectivity index (χ1) is 7.24. The van der Waals surface area contributed by atoms with Gasteiger partial charge < -0.3 is 5.73 Å². The third-order valence-corrected chi connectivity index (χ3v) is 3.24. The van der Waals surface area contributed by atoms with E-state index in [4.69, 9.17) is 17.3 Å². The van der Waals surface area contributed by atoms with E-state index in [0.29, 0.717) is 5.13 Å². The zero-order valence-electron chi connectivity index (χ0n) is 8.11. The minimum atomic E-state index is 0.635. The monoisotopic (exact) mass is 238 g/mol. The summed E-state index contributed by atoms with van der Waals surface area (Å²) in [6, 6.07) is 7.93. The molecule has 1 aromatic heterocycles. The molecule has 2 aromatic rings. The number of hydrogen-bond donors (Lipinski definition) is 1. The maximum atomic E-state index is 5.90. The van der Waals surface area contributed by atoms with Crippen LogP contribution in [0.4, 0.5) is 5.13 Å². The Labute approximate surface area is 97.7 Å².